The summed E-state index contributed by atoms with van der Waals surface area (Å²) in [6, 6.07) is 6.22. The van der Waals surface area contributed by atoms with Crippen molar-refractivity contribution in [1.82, 2.24) is 4.90 Å². The smallest absolute Gasteiger partial charge is 0.290 e. The van der Waals surface area contributed by atoms with Gasteiger partial charge in [0.15, 0.2) is 5.76 Å². The lowest BCUT2D eigenvalue weighted by atomic mass is 9.99. The van der Waals surface area contributed by atoms with Crippen LogP contribution in [-0.2, 0) is 0 Å². The average molecular weight is 350 g/mol. The number of aryl methyl sites for hydroxylation is 1. The molecule has 0 spiro atoms. The highest BCUT2D eigenvalue weighted by Gasteiger charge is 2.29. The maximum Gasteiger partial charge on any atom is 0.290 e. The van der Waals surface area contributed by atoms with E-state index >= 15 is 0 Å². The first-order valence-corrected chi connectivity index (χ1v) is 8.40. The van der Waals surface area contributed by atoms with E-state index in [2.05, 4.69) is 22.9 Å². The van der Waals surface area contributed by atoms with Crippen LogP contribution in [-0.4, -0.2) is 23.4 Å². The molecule has 112 valence electrons. The zero-order valence-corrected chi connectivity index (χ0v) is 14.1. The highest BCUT2D eigenvalue weighted by Crippen LogP contribution is 2.30. The second kappa shape index (κ2) is 5.84. The Bertz CT molecular complexity index is 677. The number of carbonyl (C=O) groups excluding carboxylic acids is 1. The third kappa shape index (κ3) is 2.61. The number of amides is 1. The molecule has 0 bridgehead atoms. The lowest BCUT2D eigenvalue weighted by Crippen LogP contribution is -2.43. The van der Waals surface area contributed by atoms with Gasteiger partial charge in [-0.2, -0.15) is 0 Å². The van der Waals surface area contributed by atoms with E-state index in [-0.39, 0.29) is 5.91 Å². The van der Waals surface area contributed by atoms with Crippen molar-refractivity contribution in [2.24, 2.45) is 0 Å². The quantitative estimate of drug-likeness (QED) is 0.771. The van der Waals surface area contributed by atoms with Crippen LogP contribution in [0.1, 0.15) is 48.7 Å². The van der Waals surface area contributed by atoms with Gasteiger partial charge in [-0.1, -0.05) is 22.9 Å². The normalized spacial score (nSPS) is 19.2. The Morgan fingerprint density at radius 3 is 3.00 bits per heavy atom. The number of benzene rings is 1. The number of piperidine rings is 1. The molecule has 1 unspecified atom stereocenters. The van der Waals surface area contributed by atoms with Crippen molar-refractivity contribution >= 4 is 32.8 Å². The predicted molar refractivity (Wildman–Crippen MR) is 87.6 cm³/mol. The lowest BCUT2D eigenvalue weighted by molar-refractivity contribution is 0.0577. The van der Waals surface area contributed by atoms with Gasteiger partial charge in [-0.15, -0.1) is 0 Å². The molecule has 1 fully saturated rings. The highest BCUT2D eigenvalue weighted by molar-refractivity contribution is 9.10. The number of likely N-dealkylation sites (tertiary alicyclic amines) is 1. The highest BCUT2D eigenvalue weighted by atomic mass is 79.9. The van der Waals surface area contributed by atoms with Crippen LogP contribution in [0, 0.1) is 6.92 Å². The number of hydrogen-bond donors (Lipinski definition) is 0. The minimum absolute atomic E-state index is 0.0476. The Morgan fingerprint density at radius 2 is 2.24 bits per heavy atom. The van der Waals surface area contributed by atoms with Crippen molar-refractivity contribution in [1.29, 1.82) is 0 Å². The van der Waals surface area contributed by atoms with E-state index in [1.807, 2.05) is 30.0 Å². The SMILES string of the molecule is CCC1CCCCN1C(=O)c1oc2ccc(Br)cc2c1C. The Morgan fingerprint density at radius 1 is 1.43 bits per heavy atom. The first-order valence-electron chi connectivity index (χ1n) is 7.61. The van der Waals surface area contributed by atoms with Crippen LogP contribution in [0.2, 0.25) is 0 Å². The fourth-order valence-corrected chi connectivity index (χ4v) is 3.58. The summed E-state index contributed by atoms with van der Waals surface area (Å²) in [5.41, 5.74) is 1.72. The fraction of sp³-hybridized carbons (Fsp3) is 0.471. The predicted octanol–water partition coefficient (Wildman–Crippen LogP) is 4.91. The van der Waals surface area contributed by atoms with Crippen molar-refractivity contribution in [2.75, 3.05) is 6.54 Å². The summed E-state index contributed by atoms with van der Waals surface area (Å²) in [5, 5.41) is 1.01. The van der Waals surface area contributed by atoms with Crippen molar-refractivity contribution in [3.8, 4) is 0 Å². The number of carbonyl (C=O) groups is 1. The third-order valence-corrected chi connectivity index (χ3v) is 4.94. The number of hydrogen-bond acceptors (Lipinski definition) is 2. The van der Waals surface area contributed by atoms with E-state index < -0.39 is 0 Å². The molecule has 1 atom stereocenters. The molecule has 1 aliphatic rings. The topological polar surface area (TPSA) is 33.5 Å². The fourth-order valence-electron chi connectivity index (χ4n) is 3.22. The molecule has 0 radical (unpaired) electrons. The first-order chi connectivity index (χ1) is 10.1. The molecular weight excluding hydrogens is 330 g/mol. The summed E-state index contributed by atoms with van der Waals surface area (Å²) in [4.78, 5) is 14.9. The van der Waals surface area contributed by atoms with Gasteiger partial charge in [0, 0.05) is 28.0 Å². The molecule has 1 amide bonds. The van der Waals surface area contributed by atoms with Crippen LogP contribution >= 0.6 is 15.9 Å². The van der Waals surface area contributed by atoms with Gasteiger partial charge in [-0.25, -0.2) is 0 Å². The molecular formula is C17H20BrNO2. The van der Waals surface area contributed by atoms with Gasteiger partial charge in [0.1, 0.15) is 5.58 Å². The van der Waals surface area contributed by atoms with Gasteiger partial charge in [0.25, 0.3) is 5.91 Å². The van der Waals surface area contributed by atoms with Crippen LogP contribution < -0.4 is 0 Å². The summed E-state index contributed by atoms with van der Waals surface area (Å²) in [6.45, 7) is 4.97. The Kier molecular flexibility index (Phi) is 4.07. The van der Waals surface area contributed by atoms with E-state index in [1.165, 1.54) is 6.42 Å². The van der Waals surface area contributed by atoms with Crippen LogP contribution in [0.5, 0.6) is 0 Å². The molecule has 3 nitrogen and oxygen atoms in total. The van der Waals surface area contributed by atoms with E-state index in [1.54, 1.807) is 0 Å². The van der Waals surface area contributed by atoms with E-state index in [9.17, 15) is 4.79 Å². The van der Waals surface area contributed by atoms with Crippen LogP contribution in [0.3, 0.4) is 0 Å². The number of halogens is 1. The van der Waals surface area contributed by atoms with Gasteiger partial charge in [0.05, 0.1) is 0 Å². The molecule has 2 aromatic rings. The molecule has 21 heavy (non-hydrogen) atoms. The molecule has 3 rings (SSSR count). The summed E-state index contributed by atoms with van der Waals surface area (Å²) < 4.78 is 6.85. The summed E-state index contributed by atoms with van der Waals surface area (Å²) in [6.07, 6.45) is 4.42. The standard InChI is InChI=1S/C17H20BrNO2/c1-3-13-6-4-5-9-19(13)17(20)16-11(2)14-10-12(18)7-8-15(14)21-16/h7-8,10,13H,3-6,9H2,1-2H3. The van der Waals surface area contributed by atoms with E-state index in [0.717, 1.165) is 46.8 Å². The molecule has 1 aliphatic heterocycles. The molecule has 0 aliphatic carbocycles. The molecule has 1 saturated heterocycles. The maximum atomic E-state index is 12.9. The van der Waals surface area contributed by atoms with E-state index in [4.69, 9.17) is 4.42 Å². The lowest BCUT2D eigenvalue weighted by Gasteiger charge is -2.34. The van der Waals surface area contributed by atoms with Gasteiger partial charge in [0.2, 0.25) is 0 Å². The summed E-state index contributed by atoms with van der Waals surface area (Å²) in [5.74, 6) is 0.551. The first kappa shape index (κ1) is 14.6. The zero-order chi connectivity index (χ0) is 15.0. The van der Waals surface area contributed by atoms with E-state index in [0.29, 0.717) is 11.8 Å². The molecule has 2 heterocycles. The summed E-state index contributed by atoms with van der Waals surface area (Å²) >= 11 is 3.47. The largest absolute Gasteiger partial charge is 0.451 e. The van der Waals surface area contributed by atoms with Crippen molar-refractivity contribution in [3.05, 3.63) is 34.0 Å². The molecule has 0 N–H and O–H groups in total. The Labute approximate surface area is 133 Å². The minimum Gasteiger partial charge on any atom is -0.451 e. The monoisotopic (exact) mass is 349 g/mol. The molecule has 4 heteroatoms. The van der Waals surface area contributed by atoms with Crippen LogP contribution in [0.25, 0.3) is 11.0 Å². The number of nitrogens with zero attached hydrogens (tertiary/aromatic N) is 1. The van der Waals surface area contributed by atoms with Crippen molar-refractivity contribution < 1.29 is 9.21 Å². The van der Waals surface area contributed by atoms with Gasteiger partial charge >= 0.3 is 0 Å². The van der Waals surface area contributed by atoms with Crippen molar-refractivity contribution in [3.63, 3.8) is 0 Å². The Balaban J connectivity index is 1.99. The second-order valence-electron chi connectivity index (χ2n) is 5.75. The maximum absolute atomic E-state index is 12.9. The van der Waals surface area contributed by atoms with Gasteiger partial charge in [-0.3, -0.25) is 4.79 Å². The minimum atomic E-state index is 0.0476. The zero-order valence-electron chi connectivity index (χ0n) is 12.5. The van der Waals surface area contributed by atoms with Crippen LogP contribution in [0.4, 0.5) is 0 Å². The Hall–Kier alpha value is -1.29. The van der Waals surface area contributed by atoms with Crippen LogP contribution in [0.15, 0.2) is 27.1 Å². The number of furan rings is 1. The van der Waals surface area contributed by atoms with Gasteiger partial charge in [-0.05, 0) is 50.8 Å². The molecule has 1 aromatic carbocycles. The van der Waals surface area contributed by atoms with Gasteiger partial charge < -0.3 is 9.32 Å². The molecule has 0 saturated carbocycles. The molecule has 1 aromatic heterocycles. The second-order valence-corrected chi connectivity index (χ2v) is 6.67. The third-order valence-electron chi connectivity index (χ3n) is 4.45. The number of fused-ring (bicyclic) bond motifs is 1. The number of rotatable bonds is 2. The van der Waals surface area contributed by atoms with Crippen molar-refractivity contribution in [2.45, 2.75) is 45.6 Å². The summed E-state index contributed by atoms with van der Waals surface area (Å²) in [7, 11) is 0. The average Bonchev–Trinajstić information content (AvgIpc) is 2.83.